The highest BCUT2D eigenvalue weighted by atomic mass is 16.5. The maximum Gasteiger partial charge on any atom is 0.256 e. The van der Waals surface area contributed by atoms with Gasteiger partial charge in [0.15, 0.2) is 0 Å². The van der Waals surface area contributed by atoms with Gasteiger partial charge in [0.2, 0.25) is 0 Å². The van der Waals surface area contributed by atoms with Gasteiger partial charge in [-0.15, -0.1) is 0 Å². The normalized spacial score (nSPS) is 15.1. The van der Waals surface area contributed by atoms with E-state index in [9.17, 15) is 9.59 Å². The lowest BCUT2D eigenvalue weighted by Gasteiger charge is -2.27. The van der Waals surface area contributed by atoms with Gasteiger partial charge in [0.1, 0.15) is 6.17 Å². The molecule has 0 aliphatic carbocycles. The molecule has 2 amide bonds. The Hall–Kier alpha value is -4.42. The number of hydrogen-bond donors (Lipinski definition) is 2. The number of benzene rings is 4. The lowest BCUT2D eigenvalue weighted by atomic mass is 9.98. The second-order valence-electron chi connectivity index (χ2n) is 9.33. The third-order valence-corrected chi connectivity index (χ3v) is 6.84. The molecule has 0 radical (unpaired) electrons. The number of anilines is 1. The fourth-order valence-corrected chi connectivity index (χ4v) is 4.85. The third kappa shape index (κ3) is 5.61. The highest BCUT2D eigenvalue weighted by Crippen LogP contribution is 2.34. The van der Waals surface area contributed by atoms with Gasteiger partial charge in [0.05, 0.1) is 12.6 Å². The molecule has 1 aliphatic heterocycles. The van der Waals surface area contributed by atoms with E-state index >= 15 is 0 Å². The zero-order valence-corrected chi connectivity index (χ0v) is 21.3. The molecule has 6 nitrogen and oxygen atoms in total. The predicted octanol–water partition coefficient (Wildman–Crippen LogP) is 5.61. The lowest BCUT2D eigenvalue weighted by Crippen LogP contribution is -2.35. The molecule has 0 spiro atoms. The number of methoxy groups -OCH3 is 1. The van der Waals surface area contributed by atoms with Gasteiger partial charge >= 0.3 is 0 Å². The van der Waals surface area contributed by atoms with Crippen molar-refractivity contribution < 1.29 is 14.3 Å². The monoisotopic (exact) mass is 505 g/mol. The first-order chi connectivity index (χ1) is 18.6. The van der Waals surface area contributed by atoms with Gasteiger partial charge < -0.3 is 20.3 Å². The standard InChI is InChI=1S/C32H31N3O3/c1-38-21-20-35-30(27-14-8-9-15-28(27)32(35)37)33-26-18-16-25(17-19-26)31(36)34-29(24-12-6-3-7-13-24)22-23-10-4-2-5-11-23/h2-19,29-30,33H,20-22H2,1H3,(H,34,36). The summed E-state index contributed by atoms with van der Waals surface area (Å²) in [7, 11) is 1.63. The summed E-state index contributed by atoms with van der Waals surface area (Å²) in [6.07, 6.45) is 0.393. The second kappa shape index (κ2) is 11.8. The van der Waals surface area contributed by atoms with Gasteiger partial charge in [-0.25, -0.2) is 0 Å². The van der Waals surface area contributed by atoms with Gasteiger partial charge in [-0.1, -0.05) is 78.9 Å². The molecule has 1 aliphatic rings. The summed E-state index contributed by atoms with van der Waals surface area (Å²) in [5.74, 6) is -0.152. The SMILES string of the molecule is COCCN1C(=O)c2ccccc2C1Nc1ccc(C(=O)NC(Cc2ccccc2)c2ccccc2)cc1. The Morgan fingerprint density at radius 2 is 1.53 bits per heavy atom. The van der Waals surface area contributed by atoms with E-state index in [4.69, 9.17) is 4.74 Å². The molecule has 4 aromatic rings. The number of nitrogens with one attached hydrogen (secondary N) is 2. The number of fused-ring (bicyclic) bond motifs is 1. The van der Waals surface area contributed by atoms with Crippen LogP contribution in [0.5, 0.6) is 0 Å². The Labute approximate surface area is 223 Å². The molecule has 0 saturated carbocycles. The topological polar surface area (TPSA) is 70.7 Å². The van der Waals surface area contributed by atoms with Crippen molar-refractivity contribution in [1.82, 2.24) is 10.2 Å². The molecule has 2 N–H and O–H groups in total. The highest BCUT2D eigenvalue weighted by Gasteiger charge is 2.36. The van der Waals surface area contributed by atoms with E-state index in [2.05, 4.69) is 22.8 Å². The van der Waals surface area contributed by atoms with E-state index in [0.29, 0.717) is 30.7 Å². The van der Waals surface area contributed by atoms with E-state index in [-0.39, 0.29) is 24.0 Å². The average molecular weight is 506 g/mol. The number of rotatable bonds is 10. The minimum atomic E-state index is -0.304. The minimum absolute atomic E-state index is 0.0171. The van der Waals surface area contributed by atoms with Crippen molar-refractivity contribution in [3.05, 3.63) is 137 Å². The summed E-state index contributed by atoms with van der Waals surface area (Å²) < 4.78 is 5.23. The van der Waals surface area contributed by atoms with Crippen LogP contribution in [0.2, 0.25) is 0 Å². The van der Waals surface area contributed by atoms with Crippen molar-refractivity contribution >= 4 is 17.5 Å². The number of amides is 2. The van der Waals surface area contributed by atoms with Crippen LogP contribution >= 0.6 is 0 Å². The van der Waals surface area contributed by atoms with Gasteiger partial charge in [0, 0.05) is 36.0 Å². The summed E-state index contributed by atoms with van der Waals surface area (Å²) in [4.78, 5) is 28.0. The van der Waals surface area contributed by atoms with E-state index in [0.717, 1.165) is 22.4 Å². The maximum atomic E-state index is 13.3. The average Bonchev–Trinajstić information content (AvgIpc) is 3.23. The van der Waals surface area contributed by atoms with E-state index in [1.54, 1.807) is 12.0 Å². The molecule has 0 aromatic heterocycles. The molecule has 0 bridgehead atoms. The van der Waals surface area contributed by atoms with Gasteiger partial charge in [0.25, 0.3) is 11.8 Å². The predicted molar refractivity (Wildman–Crippen MR) is 149 cm³/mol. The molecule has 5 rings (SSSR count). The van der Waals surface area contributed by atoms with Crippen molar-refractivity contribution in [3.8, 4) is 0 Å². The fourth-order valence-electron chi connectivity index (χ4n) is 4.85. The summed E-state index contributed by atoms with van der Waals surface area (Å²) >= 11 is 0. The third-order valence-electron chi connectivity index (χ3n) is 6.84. The quantitative estimate of drug-likeness (QED) is 0.294. The van der Waals surface area contributed by atoms with E-state index in [1.165, 1.54) is 0 Å². The van der Waals surface area contributed by atoms with Crippen LogP contribution in [0, 0.1) is 0 Å². The largest absolute Gasteiger partial charge is 0.383 e. The molecule has 192 valence electrons. The van der Waals surface area contributed by atoms with Crippen molar-refractivity contribution in [2.45, 2.75) is 18.6 Å². The Morgan fingerprint density at radius 1 is 0.868 bits per heavy atom. The number of nitrogens with zero attached hydrogens (tertiary/aromatic N) is 1. The van der Waals surface area contributed by atoms with Gasteiger partial charge in [-0.2, -0.15) is 0 Å². The summed E-state index contributed by atoms with van der Waals surface area (Å²) in [5.41, 5.74) is 5.24. The van der Waals surface area contributed by atoms with Crippen LogP contribution in [-0.4, -0.2) is 37.0 Å². The number of hydrogen-bond acceptors (Lipinski definition) is 4. The molecule has 4 aromatic carbocycles. The summed E-state index contributed by atoms with van der Waals surface area (Å²) in [6, 6.07) is 35.0. The van der Waals surface area contributed by atoms with E-state index in [1.807, 2.05) is 97.1 Å². The Bertz CT molecular complexity index is 1370. The first-order valence-electron chi connectivity index (χ1n) is 12.8. The molecule has 38 heavy (non-hydrogen) atoms. The van der Waals surface area contributed by atoms with Crippen LogP contribution in [0.3, 0.4) is 0 Å². The first-order valence-corrected chi connectivity index (χ1v) is 12.8. The summed E-state index contributed by atoms with van der Waals surface area (Å²) in [6.45, 7) is 0.924. The molecule has 6 heteroatoms. The van der Waals surface area contributed by atoms with Crippen LogP contribution in [0.25, 0.3) is 0 Å². The van der Waals surface area contributed by atoms with Crippen LogP contribution < -0.4 is 10.6 Å². The smallest absolute Gasteiger partial charge is 0.256 e. The molecule has 0 fully saturated rings. The molecular formula is C32H31N3O3. The second-order valence-corrected chi connectivity index (χ2v) is 9.33. The molecule has 0 saturated heterocycles. The van der Waals surface area contributed by atoms with Crippen LogP contribution in [0.4, 0.5) is 5.69 Å². The van der Waals surface area contributed by atoms with Crippen LogP contribution in [0.15, 0.2) is 109 Å². The maximum absolute atomic E-state index is 13.3. The molecule has 2 atom stereocenters. The summed E-state index contributed by atoms with van der Waals surface area (Å²) in [5, 5.41) is 6.68. The Kier molecular flexibility index (Phi) is 7.81. The Morgan fingerprint density at radius 3 is 2.24 bits per heavy atom. The highest BCUT2D eigenvalue weighted by molar-refractivity contribution is 5.99. The first kappa shape index (κ1) is 25.2. The molecular weight excluding hydrogens is 474 g/mol. The van der Waals surface area contributed by atoms with Crippen LogP contribution in [0.1, 0.15) is 49.6 Å². The number of ether oxygens (including phenoxy) is 1. The fraction of sp³-hybridized carbons (Fsp3) is 0.188. The number of carbonyl (C=O) groups excluding carboxylic acids is 2. The number of carbonyl (C=O) groups is 2. The zero-order chi connectivity index (χ0) is 26.3. The van der Waals surface area contributed by atoms with Crippen molar-refractivity contribution in [1.29, 1.82) is 0 Å². The molecule has 2 unspecified atom stereocenters. The Balaban J connectivity index is 1.31. The van der Waals surface area contributed by atoms with Crippen molar-refractivity contribution in [3.63, 3.8) is 0 Å². The molecule has 1 heterocycles. The zero-order valence-electron chi connectivity index (χ0n) is 21.3. The van der Waals surface area contributed by atoms with Crippen LogP contribution in [-0.2, 0) is 11.2 Å². The lowest BCUT2D eigenvalue weighted by molar-refractivity contribution is 0.0674. The van der Waals surface area contributed by atoms with Gasteiger partial charge in [-0.3, -0.25) is 9.59 Å². The van der Waals surface area contributed by atoms with Gasteiger partial charge in [-0.05, 0) is 47.9 Å². The minimum Gasteiger partial charge on any atom is -0.383 e. The van der Waals surface area contributed by atoms with E-state index < -0.39 is 0 Å². The van der Waals surface area contributed by atoms with Crippen molar-refractivity contribution in [2.24, 2.45) is 0 Å². The van der Waals surface area contributed by atoms with Crippen molar-refractivity contribution in [2.75, 3.05) is 25.6 Å².